The van der Waals surface area contributed by atoms with Gasteiger partial charge in [-0.2, -0.15) is 0 Å². The number of hydrogen-bond acceptors (Lipinski definition) is 2. The molecule has 0 fully saturated rings. The summed E-state index contributed by atoms with van der Waals surface area (Å²) in [6.45, 7) is 3.79. The maximum Gasteiger partial charge on any atom is 0.319 e. The molecule has 110 valence electrons. The minimum absolute atomic E-state index is 0.00770. The van der Waals surface area contributed by atoms with Crippen molar-refractivity contribution in [3.63, 3.8) is 0 Å². The van der Waals surface area contributed by atoms with Crippen LogP contribution >= 0.6 is 23.2 Å². The van der Waals surface area contributed by atoms with Gasteiger partial charge in [0.15, 0.2) is 0 Å². The van der Waals surface area contributed by atoms with Crippen molar-refractivity contribution in [3.8, 4) is 0 Å². The number of aliphatic carboxylic acids is 1. The van der Waals surface area contributed by atoms with Crippen LogP contribution in [0.15, 0.2) is 12.1 Å². The molecule has 2 amide bonds. The number of carboxylic acid groups (broad SMARTS) is 1. The van der Waals surface area contributed by atoms with Gasteiger partial charge in [0.2, 0.25) is 0 Å². The summed E-state index contributed by atoms with van der Waals surface area (Å²) in [7, 11) is 0. The van der Waals surface area contributed by atoms with E-state index in [0.29, 0.717) is 15.7 Å². The average Bonchev–Trinajstić information content (AvgIpc) is 2.36. The molecule has 0 aliphatic heterocycles. The Balaban J connectivity index is 2.59. The zero-order valence-electron chi connectivity index (χ0n) is 11.2. The maximum atomic E-state index is 11.7. The second-order valence-electron chi connectivity index (χ2n) is 4.59. The highest BCUT2D eigenvalue weighted by molar-refractivity contribution is 6.40. The number of aryl methyl sites for hydroxylation is 1. The Morgan fingerprint density at radius 2 is 2.00 bits per heavy atom. The first-order valence-corrected chi connectivity index (χ1v) is 6.78. The lowest BCUT2D eigenvalue weighted by atomic mass is 10.1. The monoisotopic (exact) mass is 318 g/mol. The molecule has 0 saturated heterocycles. The lowest BCUT2D eigenvalue weighted by molar-refractivity contribution is -0.137. The molecule has 1 aromatic rings. The molecule has 20 heavy (non-hydrogen) atoms. The first-order valence-electron chi connectivity index (χ1n) is 6.02. The highest BCUT2D eigenvalue weighted by atomic mass is 35.5. The highest BCUT2D eigenvalue weighted by Gasteiger charge is 2.13. The van der Waals surface area contributed by atoms with Crippen LogP contribution in [0.3, 0.4) is 0 Å². The molecule has 5 nitrogen and oxygen atoms in total. The number of carbonyl (C=O) groups excluding carboxylic acids is 1. The lowest BCUT2D eigenvalue weighted by Crippen LogP contribution is -2.33. The van der Waals surface area contributed by atoms with Gasteiger partial charge in [-0.3, -0.25) is 4.79 Å². The zero-order valence-corrected chi connectivity index (χ0v) is 12.7. The van der Waals surface area contributed by atoms with Crippen LogP contribution in [-0.4, -0.2) is 23.7 Å². The van der Waals surface area contributed by atoms with Crippen molar-refractivity contribution in [2.45, 2.75) is 20.3 Å². The predicted molar refractivity (Wildman–Crippen MR) is 79.6 cm³/mol. The minimum atomic E-state index is -0.899. The molecular weight excluding hydrogens is 303 g/mol. The molecule has 1 unspecified atom stereocenters. The van der Waals surface area contributed by atoms with E-state index in [2.05, 4.69) is 10.6 Å². The Labute approximate surface area is 127 Å². The summed E-state index contributed by atoms with van der Waals surface area (Å²) in [5.41, 5.74) is 1.14. The molecule has 0 bridgehead atoms. The number of carbonyl (C=O) groups is 2. The van der Waals surface area contributed by atoms with Crippen LogP contribution in [0.1, 0.15) is 18.9 Å². The number of halogens is 2. The number of carboxylic acids is 1. The highest BCUT2D eigenvalue weighted by Crippen LogP contribution is 2.32. The van der Waals surface area contributed by atoms with Gasteiger partial charge in [-0.05, 0) is 24.5 Å². The summed E-state index contributed by atoms with van der Waals surface area (Å²) in [5.74, 6) is -1.06. The maximum absolute atomic E-state index is 11.7. The van der Waals surface area contributed by atoms with Crippen molar-refractivity contribution in [2.24, 2.45) is 5.92 Å². The topological polar surface area (TPSA) is 78.4 Å². The number of nitrogens with one attached hydrogen (secondary N) is 2. The number of amides is 2. The van der Waals surface area contributed by atoms with Crippen molar-refractivity contribution in [1.29, 1.82) is 0 Å². The van der Waals surface area contributed by atoms with E-state index in [9.17, 15) is 9.59 Å². The fourth-order valence-electron chi connectivity index (χ4n) is 1.57. The third kappa shape index (κ3) is 4.90. The van der Waals surface area contributed by atoms with Crippen molar-refractivity contribution in [3.05, 3.63) is 27.7 Å². The van der Waals surface area contributed by atoms with Gasteiger partial charge in [-0.25, -0.2) is 4.79 Å². The summed E-state index contributed by atoms with van der Waals surface area (Å²) in [6, 6.07) is 2.92. The number of anilines is 1. The van der Waals surface area contributed by atoms with Crippen LogP contribution in [-0.2, 0) is 4.79 Å². The molecule has 1 rings (SSSR count). The fraction of sp³-hybridized carbons (Fsp3) is 0.385. The van der Waals surface area contributed by atoms with E-state index in [1.54, 1.807) is 26.0 Å². The Bertz CT molecular complexity index is 521. The van der Waals surface area contributed by atoms with Gasteiger partial charge in [0.1, 0.15) is 0 Å². The average molecular weight is 319 g/mol. The first-order chi connectivity index (χ1) is 9.31. The Kier molecular flexibility index (Phi) is 6.10. The molecule has 7 heteroatoms. The molecule has 0 radical (unpaired) electrons. The van der Waals surface area contributed by atoms with Crippen LogP contribution in [0.2, 0.25) is 10.0 Å². The summed E-state index contributed by atoms with van der Waals surface area (Å²) >= 11 is 12.0. The van der Waals surface area contributed by atoms with Gasteiger partial charge >= 0.3 is 12.0 Å². The SMILES string of the molecule is Cc1ccc(Cl)c(NC(=O)NCC(C)CC(=O)O)c1Cl. The smallest absolute Gasteiger partial charge is 0.319 e. The Morgan fingerprint density at radius 3 is 2.60 bits per heavy atom. The lowest BCUT2D eigenvalue weighted by Gasteiger charge is -2.14. The number of rotatable bonds is 5. The molecule has 3 N–H and O–H groups in total. The van der Waals surface area contributed by atoms with E-state index < -0.39 is 12.0 Å². The van der Waals surface area contributed by atoms with E-state index >= 15 is 0 Å². The standard InChI is InChI=1S/C13H16Cl2N2O3/c1-7(5-10(18)19)6-16-13(20)17-12-9(14)4-3-8(2)11(12)15/h3-4,7H,5-6H2,1-2H3,(H,18,19)(H2,16,17,20). The third-order valence-corrected chi connectivity index (χ3v) is 3.46. The van der Waals surface area contributed by atoms with Gasteiger partial charge in [0, 0.05) is 13.0 Å². The van der Waals surface area contributed by atoms with Crippen molar-refractivity contribution in [1.82, 2.24) is 5.32 Å². The molecule has 0 aromatic heterocycles. The van der Waals surface area contributed by atoms with E-state index in [0.717, 1.165) is 5.56 Å². The molecule has 0 spiro atoms. The van der Waals surface area contributed by atoms with Gasteiger partial charge in [-0.1, -0.05) is 36.2 Å². The molecular formula is C13H16Cl2N2O3. The Hall–Kier alpha value is -1.46. The second-order valence-corrected chi connectivity index (χ2v) is 5.38. The molecule has 1 aromatic carbocycles. The largest absolute Gasteiger partial charge is 0.481 e. The Morgan fingerprint density at radius 1 is 1.35 bits per heavy atom. The summed E-state index contributed by atoms with van der Waals surface area (Å²) < 4.78 is 0. The zero-order chi connectivity index (χ0) is 15.3. The van der Waals surface area contributed by atoms with Crippen LogP contribution in [0.5, 0.6) is 0 Å². The van der Waals surface area contributed by atoms with Gasteiger partial charge in [-0.15, -0.1) is 0 Å². The second kappa shape index (κ2) is 7.36. The molecule has 0 saturated carbocycles. The quantitative estimate of drug-likeness (QED) is 0.777. The van der Waals surface area contributed by atoms with Crippen molar-refractivity contribution < 1.29 is 14.7 Å². The third-order valence-electron chi connectivity index (χ3n) is 2.66. The van der Waals surface area contributed by atoms with E-state index in [1.807, 2.05) is 0 Å². The van der Waals surface area contributed by atoms with Gasteiger partial charge < -0.3 is 15.7 Å². The van der Waals surface area contributed by atoms with E-state index in [-0.39, 0.29) is 18.9 Å². The molecule has 1 atom stereocenters. The summed E-state index contributed by atoms with van der Waals surface area (Å²) in [6.07, 6.45) is -0.00770. The van der Waals surface area contributed by atoms with E-state index in [4.69, 9.17) is 28.3 Å². The molecule has 0 heterocycles. The normalized spacial score (nSPS) is 11.8. The van der Waals surface area contributed by atoms with Crippen LogP contribution < -0.4 is 10.6 Å². The predicted octanol–water partition coefficient (Wildman–Crippen LogP) is 3.53. The van der Waals surface area contributed by atoms with Crippen LogP contribution in [0.25, 0.3) is 0 Å². The first kappa shape index (κ1) is 16.6. The summed E-state index contributed by atoms with van der Waals surface area (Å²) in [5, 5.41) is 14.5. The minimum Gasteiger partial charge on any atom is -0.481 e. The van der Waals surface area contributed by atoms with Gasteiger partial charge in [0.25, 0.3) is 0 Å². The summed E-state index contributed by atoms with van der Waals surface area (Å²) in [4.78, 5) is 22.2. The van der Waals surface area contributed by atoms with Crippen LogP contribution in [0.4, 0.5) is 10.5 Å². The van der Waals surface area contributed by atoms with E-state index in [1.165, 1.54) is 0 Å². The number of benzene rings is 1. The van der Waals surface area contributed by atoms with Crippen molar-refractivity contribution >= 4 is 40.9 Å². The molecule has 0 aliphatic carbocycles. The van der Waals surface area contributed by atoms with Crippen LogP contribution in [0, 0.1) is 12.8 Å². The number of urea groups is 1. The van der Waals surface area contributed by atoms with Gasteiger partial charge in [0.05, 0.1) is 15.7 Å². The number of hydrogen-bond donors (Lipinski definition) is 3. The molecule has 0 aliphatic rings. The fourth-order valence-corrected chi connectivity index (χ4v) is 2.03. The van der Waals surface area contributed by atoms with Crippen molar-refractivity contribution in [2.75, 3.05) is 11.9 Å².